The first-order chi connectivity index (χ1) is 13.0. The van der Waals surface area contributed by atoms with Gasteiger partial charge in [0.1, 0.15) is 12.4 Å². The number of nitrogens with one attached hydrogen (secondary N) is 1. The second kappa shape index (κ2) is 7.65. The number of ether oxygens (including phenoxy) is 1. The zero-order valence-corrected chi connectivity index (χ0v) is 14.1. The van der Waals surface area contributed by atoms with E-state index in [-0.39, 0.29) is 11.5 Å². The molecule has 0 bridgehead atoms. The molecule has 1 N–H and O–H groups in total. The van der Waals surface area contributed by atoms with Crippen LogP contribution in [0.25, 0.3) is 11.5 Å². The van der Waals surface area contributed by atoms with Crippen molar-refractivity contribution in [2.45, 2.75) is 6.54 Å². The molecule has 0 spiro atoms. The SMILES string of the molecule is COC(=O)c1cccc(NC(=O)Cn2nc(-c3ccc(F)cc3)oc2=O)c1. The van der Waals surface area contributed by atoms with Crippen molar-refractivity contribution in [2.75, 3.05) is 12.4 Å². The number of amides is 1. The summed E-state index contributed by atoms with van der Waals surface area (Å²) in [5.41, 5.74) is 1.03. The van der Waals surface area contributed by atoms with Crippen molar-refractivity contribution in [1.29, 1.82) is 0 Å². The molecule has 138 valence electrons. The molecule has 8 nitrogen and oxygen atoms in total. The highest BCUT2D eigenvalue weighted by atomic mass is 19.1. The molecule has 2 aromatic carbocycles. The Balaban J connectivity index is 1.72. The third-order valence-electron chi connectivity index (χ3n) is 3.56. The molecule has 0 aliphatic heterocycles. The molecule has 1 heterocycles. The maximum Gasteiger partial charge on any atom is 0.437 e. The highest BCUT2D eigenvalue weighted by molar-refractivity contribution is 5.94. The van der Waals surface area contributed by atoms with Crippen LogP contribution in [0.5, 0.6) is 0 Å². The number of esters is 1. The Morgan fingerprint density at radius 3 is 2.67 bits per heavy atom. The number of hydrogen-bond acceptors (Lipinski definition) is 6. The Morgan fingerprint density at radius 2 is 1.96 bits per heavy atom. The molecule has 0 saturated carbocycles. The summed E-state index contributed by atoms with van der Waals surface area (Å²) in [5, 5.41) is 6.49. The lowest BCUT2D eigenvalue weighted by molar-refractivity contribution is -0.117. The number of methoxy groups -OCH3 is 1. The lowest BCUT2D eigenvalue weighted by Crippen LogP contribution is -2.26. The maximum absolute atomic E-state index is 13.0. The Kier molecular flexibility index (Phi) is 5.11. The van der Waals surface area contributed by atoms with Crippen LogP contribution in [0, 0.1) is 5.82 Å². The molecule has 3 rings (SSSR count). The fourth-order valence-electron chi connectivity index (χ4n) is 2.29. The second-order valence-electron chi connectivity index (χ2n) is 5.46. The normalized spacial score (nSPS) is 10.4. The molecule has 0 aliphatic carbocycles. The quantitative estimate of drug-likeness (QED) is 0.689. The van der Waals surface area contributed by atoms with Crippen LogP contribution in [-0.4, -0.2) is 28.8 Å². The molecule has 0 unspecified atom stereocenters. The van der Waals surface area contributed by atoms with Crippen molar-refractivity contribution in [3.8, 4) is 11.5 Å². The first kappa shape index (κ1) is 18.1. The fourth-order valence-corrected chi connectivity index (χ4v) is 2.29. The smallest absolute Gasteiger partial charge is 0.437 e. The van der Waals surface area contributed by atoms with E-state index >= 15 is 0 Å². The molecule has 1 amide bonds. The van der Waals surface area contributed by atoms with Crippen LogP contribution in [0.15, 0.2) is 57.7 Å². The van der Waals surface area contributed by atoms with Crippen LogP contribution in [0.1, 0.15) is 10.4 Å². The molecular weight excluding hydrogens is 357 g/mol. The van der Waals surface area contributed by atoms with Gasteiger partial charge in [-0.15, -0.1) is 5.10 Å². The summed E-state index contributed by atoms with van der Waals surface area (Å²) >= 11 is 0. The third kappa shape index (κ3) is 4.27. The number of aromatic nitrogens is 2. The van der Waals surface area contributed by atoms with Crippen molar-refractivity contribution in [3.05, 3.63) is 70.5 Å². The van der Waals surface area contributed by atoms with Crippen LogP contribution in [-0.2, 0) is 16.1 Å². The summed E-state index contributed by atoms with van der Waals surface area (Å²) < 4.78 is 23.4. The number of halogens is 1. The Hall–Kier alpha value is -3.75. The van der Waals surface area contributed by atoms with Crippen LogP contribution < -0.4 is 11.1 Å². The van der Waals surface area contributed by atoms with Crippen LogP contribution in [0.4, 0.5) is 10.1 Å². The number of benzene rings is 2. The summed E-state index contributed by atoms with van der Waals surface area (Å²) in [6.07, 6.45) is 0. The predicted octanol–water partition coefficient (Wildman–Crippen LogP) is 2.07. The van der Waals surface area contributed by atoms with Crippen molar-refractivity contribution < 1.29 is 23.1 Å². The number of rotatable bonds is 5. The molecule has 0 radical (unpaired) electrons. The summed E-state index contributed by atoms with van der Waals surface area (Å²) in [5.74, 6) is -2.37. The molecule has 1 aromatic heterocycles. The number of anilines is 1. The van der Waals surface area contributed by atoms with Gasteiger partial charge >= 0.3 is 11.7 Å². The zero-order chi connectivity index (χ0) is 19.4. The third-order valence-corrected chi connectivity index (χ3v) is 3.56. The fraction of sp³-hybridized carbons (Fsp3) is 0.111. The van der Waals surface area contributed by atoms with Gasteiger partial charge in [-0.1, -0.05) is 6.07 Å². The summed E-state index contributed by atoms with van der Waals surface area (Å²) in [6, 6.07) is 11.4. The predicted molar refractivity (Wildman–Crippen MR) is 92.6 cm³/mol. The van der Waals surface area contributed by atoms with Gasteiger partial charge in [0, 0.05) is 11.3 Å². The largest absolute Gasteiger partial charge is 0.465 e. The minimum absolute atomic E-state index is 0.0273. The van der Waals surface area contributed by atoms with E-state index in [2.05, 4.69) is 15.2 Å². The second-order valence-corrected chi connectivity index (χ2v) is 5.46. The number of carbonyl (C=O) groups is 2. The number of nitrogens with zero attached hydrogens (tertiary/aromatic N) is 2. The van der Waals surface area contributed by atoms with Gasteiger partial charge in [-0.2, -0.15) is 4.68 Å². The van der Waals surface area contributed by atoms with E-state index in [1.54, 1.807) is 18.2 Å². The van der Waals surface area contributed by atoms with E-state index < -0.39 is 30.0 Å². The monoisotopic (exact) mass is 371 g/mol. The average molecular weight is 371 g/mol. The number of carbonyl (C=O) groups excluding carboxylic acids is 2. The Bertz CT molecular complexity index is 1040. The molecule has 0 atom stereocenters. The van der Waals surface area contributed by atoms with Crippen molar-refractivity contribution in [1.82, 2.24) is 9.78 Å². The molecule has 3 aromatic rings. The van der Waals surface area contributed by atoms with Gasteiger partial charge in [-0.3, -0.25) is 4.79 Å². The lowest BCUT2D eigenvalue weighted by Gasteiger charge is -2.06. The molecule has 0 fully saturated rings. The van der Waals surface area contributed by atoms with Crippen LogP contribution in [0.2, 0.25) is 0 Å². The molecule has 0 aliphatic rings. The van der Waals surface area contributed by atoms with E-state index in [9.17, 15) is 18.8 Å². The Labute approximate surface area is 152 Å². The van der Waals surface area contributed by atoms with Gasteiger partial charge in [0.2, 0.25) is 11.8 Å². The van der Waals surface area contributed by atoms with E-state index in [1.807, 2.05) is 0 Å². The minimum Gasteiger partial charge on any atom is -0.465 e. The first-order valence-corrected chi connectivity index (χ1v) is 7.78. The van der Waals surface area contributed by atoms with Gasteiger partial charge in [-0.05, 0) is 42.5 Å². The summed E-state index contributed by atoms with van der Waals surface area (Å²) in [4.78, 5) is 35.5. The van der Waals surface area contributed by atoms with Crippen LogP contribution >= 0.6 is 0 Å². The molecule has 9 heteroatoms. The topological polar surface area (TPSA) is 103 Å². The van der Waals surface area contributed by atoms with Gasteiger partial charge in [0.25, 0.3) is 0 Å². The van der Waals surface area contributed by atoms with E-state index in [0.717, 1.165) is 4.68 Å². The highest BCUT2D eigenvalue weighted by Crippen LogP contribution is 2.16. The van der Waals surface area contributed by atoms with Gasteiger partial charge in [0.15, 0.2) is 0 Å². The maximum atomic E-state index is 13.0. The minimum atomic E-state index is -0.826. The van der Waals surface area contributed by atoms with Crippen molar-refractivity contribution in [2.24, 2.45) is 0 Å². The van der Waals surface area contributed by atoms with Crippen LogP contribution in [0.3, 0.4) is 0 Å². The molecule has 0 saturated heterocycles. The summed E-state index contributed by atoms with van der Waals surface area (Å²) in [7, 11) is 1.25. The zero-order valence-electron chi connectivity index (χ0n) is 14.1. The molecular formula is C18H14FN3O5. The summed E-state index contributed by atoms with van der Waals surface area (Å²) in [6.45, 7) is -0.397. The lowest BCUT2D eigenvalue weighted by atomic mass is 10.2. The molecule has 27 heavy (non-hydrogen) atoms. The van der Waals surface area contributed by atoms with E-state index in [0.29, 0.717) is 11.3 Å². The standard InChI is InChI=1S/C18H14FN3O5/c1-26-17(24)12-3-2-4-14(9-12)20-15(23)10-22-18(25)27-16(21-22)11-5-7-13(19)8-6-11/h2-9H,10H2,1H3,(H,20,23). The van der Waals surface area contributed by atoms with E-state index in [1.165, 1.54) is 37.4 Å². The number of hydrogen-bond donors (Lipinski definition) is 1. The average Bonchev–Trinajstić information content (AvgIpc) is 3.02. The van der Waals surface area contributed by atoms with Crippen molar-refractivity contribution >= 4 is 17.6 Å². The van der Waals surface area contributed by atoms with Crippen molar-refractivity contribution in [3.63, 3.8) is 0 Å². The van der Waals surface area contributed by atoms with Gasteiger partial charge in [0.05, 0.1) is 12.7 Å². The van der Waals surface area contributed by atoms with Gasteiger partial charge in [-0.25, -0.2) is 14.0 Å². The Morgan fingerprint density at radius 1 is 1.22 bits per heavy atom. The van der Waals surface area contributed by atoms with E-state index in [4.69, 9.17) is 4.42 Å². The highest BCUT2D eigenvalue weighted by Gasteiger charge is 2.14. The first-order valence-electron chi connectivity index (χ1n) is 7.78. The van der Waals surface area contributed by atoms with Gasteiger partial charge < -0.3 is 14.5 Å².